The largest absolute Gasteiger partial charge is 0.496 e. The number of nitrogens with zero attached hydrogens (tertiary/aromatic N) is 2. The summed E-state index contributed by atoms with van der Waals surface area (Å²) in [5, 5.41) is 0. The fourth-order valence-corrected chi connectivity index (χ4v) is 3.40. The number of hydrogen-bond acceptors (Lipinski definition) is 4. The first-order chi connectivity index (χ1) is 13.2. The molecular weight excluding hydrogens is 343 g/mol. The number of hydrogen-bond donors (Lipinski definition) is 0. The van der Waals surface area contributed by atoms with Crippen LogP contribution in [0.2, 0.25) is 0 Å². The van der Waals surface area contributed by atoms with Crippen LogP contribution in [-0.4, -0.2) is 56.7 Å². The second-order valence-electron chi connectivity index (χ2n) is 7.11. The van der Waals surface area contributed by atoms with Crippen molar-refractivity contribution in [2.45, 2.75) is 19.4 Å². The standard InChI is InChI=1S/C22H29FN2O2/c1-24-12-14-25(15-13-24)11-5-6-18-9-10-21(26-2)19(16-18)17-27-22-8-4-3-7-20(22)23/h3-4,7-10,16H,5-6,11-15,17H2,1-2H3. The Morgan fingerprint density at radius 2 is 1.78 bits per heavy atom. The summed E-state index contributed by atoms with van der Waals surface area (Å²) in [6.07, 6.45) is 2.15. The van der Waals surface area contributed by atoms with Gasteiger partial charge in [0.15, 0.2) is 11.6 Å². The fourth-order valence-electron chi connectivity index (χ4n) is 3.40. The van der Waals surface area contributed by atoms with E-state index in [1.165, 1.54) is 11.6 Å². The number of ether oxygens (including phenoxy) is 2. The lowest BCUT2D eigenvalue weighted by molar-refractivity contribution is 0.153. The average molecular weight is 372 g/mol. The third kappa shape index (κ3) is 5.68. The Balaban J connectivity index is 1.55. The van der Waals surface area contributed by atoms with E-state index in [0.717, 1.165) is 56.9 Å². The van der Waals surface area contributed by atoms with E-state index < -0.39 is 0 Å². The van der Waals surface area contributed by atoms with E-state index in [4.69, 9.17) is 9.47 Å². The first kappa shape index (κ1) is 19.6. The summed E-state index contributed by atoms with van der Waals surface area (Å²) < 4.78 is 24.9. The minimum Gasteiger partial charge on any atom is -0.496 e. The maximum atomic E-state index is 13.8. The third-order valence-electron chi connectivity index (χ3n) is 5.10. The zero-order valence-electron chi connectivity index (χ0n) is 16.3. The number of likely N-dealkylation sites (N-methyl/N-ethyl adjacent to an activating group) is 1. The number of aryl methyl sites for hydroxylation is 1. The molecule has 1 fully saturated rings. The molecule has 0 spiro atoms. The molecule has 3 rings (SSSR count). The van der Waals surface area contributed by atoms with E-state index in [1.54, 1.807) is 25.3 Å². The van der Waals surface area contributed by atoms with Crippen LogP contribution in [0.1, 0.15) is 17.5 Å². The van der Waals surface area contributed by atoms with Gasteiger partial charge in [-0.25, -0.2) is 4.39 Å². The van der Waals surface area contributed by atoms with E-state index in [9.17, 15) is 4.39 Å². The van der Waals surface area contributed by atoms with Gasteiger partial charge in [0, 0.05) is 31.7 Å². The van der Waals surface area contributed by atoms with Gasteiger partial charge in [-0.3, -0.25) is 0 Å². The molecule has 0 N–H and O–H groups in total. The lowest BCUT2D eigenvalue weighted by Crippen LogP contribution is -2.44. The van der Waals surface area contributed by atoms with Crippen LogP contribution in [0, 0.1) is 5.82 Å². The second kappa shape index (κ2) is 9.72. The van der Waals surface area contributed by atoms with Crippen molar-refractivity contribution in [3.05, 3.63) is 59.4 Å². The second-order valence-corrected chi connectivity index (χ2v) is 7.11. The van der Waals surface area contributed by atoms with Crippen molar-refractivity contribution in [3.63, 3.8) is 0 Å². The molecule has 0 aliphatic carbocycles. The molecular formula is C22H29FN2O2. The molecule has 0 aromatic heterocycles. The van der Waals surface area contributed by atoms with E-state index >= 15 is 0 Å². The molecule has 1 aliphatic heterocycles. The Labute approximate surface area is 161 Å². The number of methoxy groups -OCH3 is 1. The van der Waals surface area contributed by atoms with Gasteiger partial charge in [0.1, 0.15) is 12.4 Å². The highest BCUT2D eigenvalue weighted by molar-refractivity contribution is 5.37. The van der Waals surface area contributed by atoms with Crippen molar-refractivity contribution >= 4 is 0 Å². The maximum Gasteiger partial charge on any atom is 0.165 e. The van der Waals surface area contributed by atoms with Crippen molar-refractivity contribution in [1.82, 2.24) is 9.80 Å². The maximum absolute atomic E-state index is 13.8. The molecule has 4 nitrogen and oxygen atoms in total. The lowest BCUT2D eigenvalue weighted by atomic mass is 10.1. The number of halogens is 1. The third-order valence-corrected chi connectivity index (χ3v) is 5.10. The molecule has 0 unspecified atom stereocenters. The first-order valence-electron chi connectivity index (χ1n) is 9.59. The highest BCUT2D eigenvalue weighted by atomic mass is 19.1. The highest BCUT2D eigenvalue weighted by Gasteiger charge is 2.13. The van der Waals surface area contributed by atoms with Gasteiger partial charge in [-0.15, -0.1) is 0 Å². The van der Waals surface area contributed by atoms with Crippen molar-refractivity contribution < 1.29 is 13.9 Å². The Morgan fingerprint density at radius 1 is 1.00 bits per heavy atom. The fraction of sp³-hybridized carbons (Fsp3) is 0.455. The number of benzene rings is 2. The van der Waals surface area contributed by atoms with E-state index in [2.05, 4.69) is 29.0 Å². The van der Waals surface area contributed by atoms with Crippen LogP contribution in [0.15, 0.2) is 42.5 Å². The van der Waals surface area contributed by atoms with Gasteiger partial charge in [-0.1, -0.05) is 18.2 Å². The smallest absolute Gasteiger partial charge is 0.165 e. The molecule has 27 heavy (non-hydrogen) atoms. The van der Waals surface area contributed by atoms with Crippen LogP contribution in [0.3, 0.4) is 0 Å². The molecule has 0 radical (unpaired) electrons. The molecule has 2 aromatic rings. The van der Waals surface area contributed by atoms with E-state index in [1.807, 2.05) is 6.07 Å². The van der Waals surface area contributed by atoms with Gasteiger partial charge in [-0.2, -0.15) is 0 Å². The molecule has 2 aromatic carbocycles. The van der Waals surface area contributed by atoms with Gasteiger partial charge < -0.3 is 19.3 Å². The average Bonchev–Trinajstić information content (AvgIpc) is 2.69. The number of para-hydroxylation sites is 1. The molecule has 1 aliphatic rings. The van der Waals surface area contributed by atoms with E-state index in [0.29, 0.717) is 0 Å². The Hall–Kier alpha value is -2.11. The van der Waals surface area contributed by atoms with Crippen molar-refractivity contribution in [2.75, 3.05) is 46.9 Å². The summed E-state index contributed by atoms with van der Waals surface area (Å²) in [6.45, 7) is 6.03. The van der Waals surface area contributed by atoms with Crippen LogP contribution in [0.25, 0.3) is 0 Å². The van der Waals surface area contributed by atoms with Crippen LogP contribution in [-0.2, 0) is 13.0 Å². The monoisotopic (exact) mass is 372 g/mol. The minimum absolute atomic E-state index is 0.264. The topological polar surface area (TPSA) is 24.9 Å². The van der Waals surface area contributed by atoms with Gasteiger partial charge >= 0.3 is 0 Å². The quantitative estimate of drug-likeness (QED) is 0.707. The molecule has 1 saturated heterocycles. The van der Waals surface area contributed by atoms with Gasteiger partial charge in [-0.05, 0) is 56.3 Å². The number of rotatable bonds is 8. The summed E-state index contributed by atoms with van der Waals surface area (Å²) in [7, 11) is 3.83. The predicted octanol–water partition coefficient (Wildman–Crippen LogP) is 3.59. The summed E-state index contributed by atoms with van der Waals surface area (Å²) in [6, 6.07) is 12.7. The van der Waals surface area contributed by atoms with Crippen LogP contribution in [0.5, 0.6) is 11.5 Å². The van der Waals surface area contributed by atoms with Crippen molar-refractivity contribution in [3.8, 4) is 11.5 Å². The number of piperazine rings is 1. The summed E-state index contributed by atoms with van der Waals surface area (Å²) in [5.74, 6) is 0.689. The van der Waals surface area contributed by atoms with Crippen LogP contribution in [0.4, 0.5) is 4.39 Å². The first-order valence-corrected chi connectivity index (χ1v) is 9.59. The van der Waals surface area contributed by atoms with Gasteiger partial charge in [0.05, 0.1) is 7.11 Å². The molecule has 0 atom stereocenters. The summed E-state index contributed by atoms with van der Waals surface area (Å²) in [5.41, 5.74) is 2.20. The predicted molar refractivity (Wildman–Crippen MR) is 106 cm³/mol. The molecule has 146 valence electrons. The molecule has 0 bridgehead atoms. The van der Waals surface area contributed by atoms with E-state index in [-0.39, 0.29) is 18.2 Å². The Bertz CT molecular complexity index is 730. The SMILES string of the molecule is COc1ccc(CCCN2CCN(C)CC2)cc1COc1ccccc1F. The van der Waals surface area contributed by atoms with Gasteiger partial charge in [0.2, 0.25) is 0 Å². The van der Waals surface area contributed by atoms with Crippen LogP contribution >= 0.6 is 0 Å². The molecule has 5 heteroatoms. The molecule has 1 heterocycles. The lowest BCUT2D eigenvalue weighted by Gasteiger charge is -2.32. The summed E-state index contributed by atoms with van der Waals surface area (Å²) >= 11 is 0. The normalized spacial score (nSPS) is 15.7. The summed E-state index contributed by atoms with van der Waals surface area (Å²) in [4.78, 5) is 4.91. The highest BCUT2D eigenvalue weighted by Crippen LogP contribution is 2.24. The zero-order chi connectivity index (χ0) is 19.1. The molecule has 0 saturated carbocycles. The Morgan fingerprint density at radius 3 is 2.52 bits per heavy atom. The van der Waals surface area contributed by atoms with Crippen molar-refractivity contribution in [2.24, 2.45) is 0 Å². The Kier molecular flexibility index (Phi) is 7.07. The van der Waals surface area contributed by atoms with Gasteiger partial charge in [0.25, 0.3) is 0 Å². The molecule has 0 amide bonds. The van der Waals surface area contributed by atoms with Crippen molar-refractivity contribution in [1.29, 1.82) is 0 Å². The zero-order valence-corrected chi connectivity index (χ0v) is 16.3. The van der Waals surface area contributed by atoms with Crippen LogP contribution < -0.4 is 9.47 Å². The minimum atomic E-state index is -0.347.